The molecule has 0 aliphatic carbocycles. The smallest absolute Gasteiger partial charge is 0.123 e. The van der Waals surface area contributed by atoms with Gasteiger partial charge in [-0.25, -0.2) is 4.98 Å². The number of aliphatic hydroxyl groups excluding tert-OH is 1. The Bertz CT molecular complexity index is 918. The summed E-state index contributed by atoms with van der Waals surface area (Å²) in [5, 5.41) is 10.4. The van der Waals surface area contributed by atoms with Crippen molar-refractivity contribution in [1.82, 2.24) is 19.4 Å². The van der Waals surface area contributed by atoms with E-state index in [-0.39, 0.29) is 0 Å². The summed E-state index contributed by atoms with van der Waals surface area (Å²) in [7, 11) is 0. The first kappa shape index (κ1) is 21.6. The lowest BCUT2D eigenvalue weighted by Gasteiger charge is -2.35. The third kappa shape index (κ3) is 6.40. The highest BCUT2D eigenvalue weighted by Crippen LogP contribution is 2.13. The van der Waals surface area contributed by atoms with E-state index >= 15 is 0 Å². The largest absolute Gasteiger partial charge is 0.491 e. The topological polar surface area (TPSA) is 53.8 Å². The maximum atomic E-state index is 10.4. The van der Waals surface area contributed by atoms with E-state index < -0.39 is 6.10 Å². The molecule has 0 amide bonds. The molecular formula is C25H32N4O2. The molecule has 0 bridgehead atoms. The van der Waals surface area contributed by atoms with Crippen molar-refractivity contribution in [2.45, 2.75) is 26.1 Å². The van der Waals surface area contributed by atoms with Crippen molar-refractivity contribution in [1.29, 1.82) is 0 Å². The van der Waals surface area contributed by atoms with E-state index in [9.17, 15) is 5.11 Å². The van der Waals surface area contributed by atoms with Crippen LogP contribution >= 0.6 is 0 Å². The molecule has 1 atom stereocenters. The van der Waals surface area contributed by atoms with Gasteiger partial charge in [0.1, 0.15) is 24.3 Å². The minimum atomic E-state index is -0.488. The lowest BCUT2D eigenvalue weighted by molar-refractivity contribution is 0.0439. The molecule has 1 aliphatic heterocycles. The zero-order chi connectivity index (χ0) is 21.5. The van der Waals surface area contributed by atoms with Crippen molar-refractivity contribution in [2.24, 2.45) is 0 Å². The highest BCUT2D eigenvalue weighted by Gasteiger charge is 2.20. The quantitative estimate of drug-likeness (QED) is 0.577. The zero-order valence-corrected chi connectivity index (χ0v) is 18.2. The SMILES string of the molecule is Cc1ccc(OC[C@@H](O)CN2CCN(Cc3nccn3Cc3ccccc3)CC2)cc1. The molecule has 0 unspecified atom stereocenters. The number of aliphatic hydroxyl groups is 1. The van der Waals surface area contributed by atoms with Crippen molar-refractivity contribution < 1.29 is 9.84 Å². The van der Waals surface area contributed by atoms with Gasteiger partial charge in [-0.15, -0.1) is 0 Å². The lowest BCUT2D eigenvalue weighted by Crippen LogP contribution is -2.49. The number of β-amino-alcohol motifs (C(OH)–C–C–N with tert-alkyl or cyclic N) is 1. The van der Waals surface area contributed by atoms with Crippen molar-refractivity contribution in [3.63, 3.8) is 0 Å². The second-order valence-electron chi connectivity index (χ2n) is 8.31. The van der Waals surface area contributed by atoms with Crippen LogP contribution < -0.4 is 4.74 Å². The van der Waals surface area contributed by atoms with Gasteiger partial charge >= 0.3 is 0 Å². The van der Waals surface area contributed by atoms with Gasteiger partial charge in [0, 0.05) is 51.7 Å². The van der Waals surface area contributed by atoms with Gasteiger partial charge in [0.2, 0.25) is 0 Å². The molecule has 2 heterocycles. The molecule has 31 heavy (non-hydrogen) atoms. The summed E-state index contributed by atoms with van der Waals surface area (Å²) >= 11 is 0. The van der Waals surface area contributed by atoms with Gasteiger partial charge in [0.15, 0.2) is 0 Å². The highest BCUT2D eigenvalue weighted by atomic mass is 16.5. The maximum absolute atomic E-state index is 10.4. The number of hydrogen-bond donors (Lipinski definition) is 1. The first-order chi connectivity index (χ1) is 15.2. The maximum Gasteiger partial charge on any atom is 0.123 e. The van der Waals surface area contributed by atoms with E-state index in [1.54, 1.807) is 0 Å². The molecule has 3 aromatic rings. The Morgan fingerprint density at radius 3 is 2.39 bits per heavy atom. The number of rotatable bonds is 9. The Balaban J connectivity index is 1.20. The summed E-state index contributed by atoms with van der Waals surface area (Å²) < 4.78 is 7.95. The number of ether oxygens (including phenoxy) is 1. The Labute approximate surface area is 184 Å². The van der Waals surface area contributed by atoms with Gasteiger partial charge in [-0.05, 0) is 24.6 Å². The van der Waals surface area contributed by atoms with Crippen LogP contribution in [-0.4, -0.2) is 69.9 Å². The van der Waals surface area contributed by atoms with Gasteiger partial charge in [-0.1, -0.05) is 48.0 Å². The first-order valence-electron chi connectivity index (χ1n) is 11.0. The van der Waals surface area contributed by atoms with Crippen LogP contribution in [0.4, 0.5) is 0 Å². The van der Waals surface area contributed by atoms with Gasteiger partial charge in [-0.3, -0.25) is 9.80 Å². The summed E-state index contributed by atoms with van der Waals surface area (Å²) in [6.07, 6.45) is 3.46. The summed E-state index contributed by atoms with van der Waals surface area (Å²) in [6.45, 7) is 8.56. The minimum Gasteiger partial charge on any atom is -0.491 e. The van der Waals surface area contributed by atoms with Crippen LogP contribution in [0.2, 0.25) is 0 Å². The Morgan fingerprint density at radius 1 is 0.935 bits per heavy atom. The highest BCUT2D eigenvalue weighted by molar-refractivity contribution is 5.26. The average Bonchev–Trinajstić information content (AvgIpc) is 3.22. The van der Waals surface area contributed by atoms with Crippen LogP contribution in [0.15, 0.2) is 67.0 Å². The predicted octanol–water partition coefficient (Wildman–Crippen LogP) is 2.80. The molecule has 6 heteroatoms. The summed E-state index contributed by atoms with van der Waals surface area (Å²) in [4.78, 5) is 9.34. The summed E-state index contributed by atoms with van der Waals surface area (Å²) in [5.41, 5.74) is 2.49. The second-order valence-corrected chi connectivity index (χ2v) is 8.31. The first-order valence-corrected chi connectivity index (χ1v) is 11.0. The molecule has 1 aromatic heterocycles. The fourth-order valence-corrected chi connectivity index (χ4v) is 3.92. The number of benzene rings is 2. The van der Waals surface area contributed by atoms with E-state index in [0.717, 1.165) is 50.8 Å². The van der Waals surface area contributed by atoms with Crippen LogP contribution in [0.25, 0.3) is 0 Å². The molecule has 164 valence electrons. The lowest BCUT2D eigenvalue weighted by atomic mass is 10.2. The second kappa shape index (κ2) is 10.6. The Hall–Kier alpha value is -2.67. The van der Waals surface area contributed by atoms with E-state index in [2.05, 4.69) is 56.7 Å². The fraction of sp³-hybridized carbons (Fsp3) is 0.400. The molecule has 4 rings (SSSR count). The standard InChI is InChI=1S/C25H32N4O2/c1-21-7-9-24(10-8-21)31-20-23(30)18-27-13-15-28(16-14-27)19-25-26-11-12-29(25)17-22-5-3-2-4-6-22/h2-12,23,30H,13-20H2,1H3/t23-/m0/s1. The third-order valence-electron chi connectivity index (χ3n) is 5.76. The van der Waals surface area contributed by atoms with E-state index in [0.29, 0.717) is 13.2 Å². The number of aromatic nitrogens is 2. The van der Waals surface area contributed by atoms with Crippen molar-refractivity contribution in [2.75, 3.05) is 39.3 Å². The molecule has 0 spiro atoms. The minimum absolute atomic E-state index is 0.320. The monoisotopic (exact) mass is 420 g/mol. The molecule has 2 aromatic carbocycles. The van der Waals surface area contributed by atoms with Crippen molar-refractivity contribution >= 4 is 0 Å². The molecule has 6 nitrogen and oxygen atoms in total. The zero-order valence-electron chi connectivity index (χ0n) is 18.2. The Morgan fingerprint density at radius 2 is 1.65 bits per heavy atom. The molecule has 0 radical (unpaired) electrons. The molecule has 1 N–H and O–H groups in total. The average molecular weight is 421 g/mol. The van der Waals surface area contributed by atoms with Gasteiger partial charge in [-0.2, -0.15) is 0 Å². The normalized spacial score (nSPS) is 16.3. The van der Waals surface area contributed by atoms with Crippen LogP contribution in [0.3, 0.4) is 0 Å². The van der Waals surface area contributed by atoms with Crippen LogP contribution in [-0.2, 0) is 13.1 Å². The molecule has 0 saturated carbocycles. The van der Waals surface area contributed by atoms with Gasteiger partial charge < -0.3 is 14.4 Å². The number of hydrogen-bond acceptors (Lipinski definition) is 5. The number of nitrogens with zero attached hydrogens (tertiary/aromatic N) is 4. The van der Waals surface area contributed by atoms with Crippen LogP contribution in [0.5, 0.6) is 5.75 Å². The number of imidazole rings is 1. The molecule has 1 aliphatic rings. The number of aryl methyl sites for hydroxylation is 1. The van der Waals surface area contributed by atoms with Crippen LogP contribution in [0.1, 0.15) is 17.0 Å². The van der Waals surface area contributed by atoms with Crippen molar-refractivity contribution in [3.05, 3.63) is 83.9 Å². The van der Waals surface area contributed by atoms with Crippen molar-refractivity contribution in [3.8, 4) is 5.75 Å². The van der Waals surface area contributed by atoms with E-state index in [1.165, 1.54) is 11.1 Å². The molecular weight excluding hydrogens is 388 g/mol. The molecule has 1 saturated heterocycles. The third-order valence-corrected chi connectivity index (χ3v) is 5.76. The van der Waals surface area contributed by atoms with Gasteiger partial charge in [0.25, 0.3) is 0 Å². The Kier molecular flexibility index (Phi) is 7.35. The molecule has 1 fully saturated rings. The van der Waals surface area contributed by atoms with E-state index in [1.807, 2.05) is 36.5 Å². The van der Waals surface area contributed by atoms with Crippen LogP contribution in [0, 0.1) is 6.92 Å². The number of piperazine rings is 1. The predicted molar refractivity (Wildman–Crippen MR) is 122 cm³/mol. The summed E-state index contributed by atoms with van der Waals surface area (Å²) in [5.74, 6) is 1.91. The van der Waals surface area contributed by atoms with E-state index in [4.69, 9.17) is 4.74 Å². The fourth-order valence-electron chi connectivity index (χ4n) is 3.92. The summed E-state index contributed by atoms with van der Waals surface area (Å²) in [6, 6.07) is 18.4. The van der Waals surface area contributed by atoms with Gasteiger partial charge in [0.05, 0.1) is 6.54 Å².